The number of fused-ring (bicyclic) bond motifs is 2. The molecular formula is C53H66N4O7Si. The molecule has 4 aliphatic heterocycles. The molecule has 11 nitrogen and oxygen atoms in total. The number of hydrogen-bond acceptors (Lipinski definition) is 7. The van der Waals surface area contributed by atoms with Crippen molar-refractivity contribution in [1.82, 2.24) is 4.90 Å². The average molecular weight is 899 g/mol. The Labute approximate surface area is 385 Å². The number of methoxy groups -OCH3 is 1. The molecule has 344 valence electrons. The normalized spacial score (nSPS) is 22.9. The maximum Gasteiger partial charge on any atom is 0.264 e. The lowest BCUT2D eigenvalue weighted by molar-refractivity contribution is -0.150. The van der Waals surface area contributed by atoms with E-state index in [1.165, 1.54) is 0 Å². The number of carbonyl (C=O) groups is 4. The summed E-state index contributed by atoms with van der Waals surface area (Å²) in [5.74, 6) is 0.266. The van der Waals surface area contributed by atoms with E-state index in [0.29, 0.717) is 32.5 Å². The largest absolute Gasteiger partial charge is 0.497 e. The quantitative estimate of drug-likeness (QED) is 0.134. The van der Waals surface area contributed by atoms with E-state index in [9.17, 15) is 19.5 Å². The van der Waals surface area contributed by atoms with E-state index >= 15 is 4.79 Å². The summed E-state index contributed by atoms with van der Waals surface area (Å²) in [5, 5.41) is 11.3. The van der Waals surface area contributed by atoms with E-state index in [1.54, 1.807) is 12.0 Å². The van der Waals surface area contributed by atoms with Gasteiger partial charge in [-0.2, -0.15) is 0 Å². The minimum absolute atomic E-state index is 0.0276. The molecule has 1 N–H and O–H groups in total. The van der Waals surface area contributed by atoms with Gasteiger partial charge in [0, 0.05) is 61.9 Å². The molecule has 12 heteroatoms. The molecule has 0 aromatic heterocycles. The second kappa shape index (κ2) is 20.1. The van der Waals surface area contributed by atoms with E-state index in [1.807, 2.05) is 99.6 Å². The number of carbonyl (C=O) groups excluding carboxylic acids is 4. The van der Waals surface area contributed by atoms with Crippen LogP contribution in [-0.2, 0) is 42.6 Å². The van der Waals surface area contributed by atoms with Crippen LogP contribution in [0.25, 0.3) is 0 Å². The third kappa shape index (κ3) is 9.40. The van der Waals surface area contributed by atoms with Gasteiger partial charge in [-0.15, -0.1) is 0 Å². The van der Waals surface area contributed by atoms with Crippen molar-refractivity contribution in [3.63, 3.8) is 0 Å². The summed E-state index contributed by atoms with van der Waals surface area (Å²) in [7, 11) is -0.963. The minimum Gasteiger partial charge on any atom is -0.497 e. The van der Waals surface area contributed by atoms with Gasteiger partial charge in [0.1, 0.15) is 5.75 Å². The van der Waals surface area contributed by atoms with E-state index in [0.717, 1.165) is 96.1 Å². The Bertz CT molecular complexity index is 2320. The molecule has 4 aromatic rings. The topological polar surface area (TPSA) is 120 Å². The Balaban J connectivity index is 1.20. The molecule has 65 heavy (non-hydrogen) atoms. The molecule has 4 atom stereocenters. The second-order valence-electron chi connectivity index (χ2n) is 19.1. The van der Waals surface area contributed by atoms with Crippen molar-refractivity contribution in [1.29, 1.82) is 0 Å². The molecular weight excluding hydrogens is 833 g/mol. The van der Waals surface area contributed by atoms with Crippen LogP contribution in [0.3, 0.4) is 0 Å². The molecule has 0 saturated carbocycles. The summed E-state index contributed by atoms with van der Waals surface area (Å²) in [4.78, 5) is 64.7. The predicted octanol–water partition coefficient (Wildman–Crippen LogP) is 8.46. The van der Waals surface area contributed by atoms with Crippen molar-refractivity contribution in [2.75, 3.05) is 48.1 Å². The summed E-state index contributed by atoms with van der Waals surface area (Å²) in [6.45, 7) is 8.61. The molecule has 4 aliphatic rings. The van der Waals surface area contributed by atoms with Crippen molar-refractivity contribution < 1.29 is 33.8 Å². The van der Waals surface area contributed by atoms with Gasteiger partial charge >= 0.3 is 0 Å². The summed E-state index contributed by atoms with van der Waals surface area (Å²) >= 11 is 0. The van der Waals surface area contributed by atoms with Crippen LogP contribution in [0, 0.1) is 5.92 Å². The highest BCUT2D eigenvalue weighted by Crippen LogP contribution is 2.60. The number of aliphatic hydroxyl groups excluding tert-OH is 1. The van der Waals surface area contributed by atoms with Crippen molar-refractivity contribution in [2.24, 2.45) is 5.92 Å². The molecule has 0 aliphatic carbocycles. The first-order valence-corrected chi connectivity index (χ1v) is 26.9. The Hall–Kier alpha value is -5.30. The maximum absolute atomic E-state index is 15.8. The summed E-state index contributed by atoms with van der Waals surface area (Å²) in [5.41, 5.74) is 3.28. The second-order valence-corrected chi connectivity index (χ2v) is 23.8. The fourth-order valence-electron chi connectivity index (χ4n) is 11.2. The first-order chi connectivity index (χ1) is 31.5. The Morgan fingerprint density at radius 3 is 2.03 bits per heavy atom. The smallest absolute Gasteiger partial charge is 0.264 e. The zero-order valence-corrected chi connectivity index (χ0v) is 39.7. The van der Waals surface area contributed by atoms with Crippen LogP contribution in [0.15, 0.2) is 97.1 Å². The van der Waals surface area contributed by atoms with Gasteiger partial charge in [-0.25, -0.2) is 0 Å². The highest BCUT2D eigenvalue weighted by Gasteiger charge is 2.66. The standard InChI is InChI=1S/C53H66N4O7Si/c1-38-51(65(3,4)44-27-25-43(63-2)26-28-44)47(35-50(61)54(32-33-58)36-39-16-10-9-11-17-39)64-53(38)45-34-42(56-31-15-8-6-13-19-49(56)60)24-29-46(45)57(52(53)62)37-40-20-22-41(23-21-40)55-30-14-7-5-12-18-48(55)59/h9-11,16-17,20-29,34,38,47,51,58H,5-8,12-15,18-19,30-33,35-37H2,1-4H3/t38-,47+,51-,53+/m0/s1. The molecule has 4 amide bonds. The highest BCUT2D eigenvalue weighted by atomic mass is 28.3. The zero-order chi connectivity index (χ0) is 45.7. The first kappa shape index (κ1) is 46.2. The number of benzene rings is 4. The van der Waals surface area contributed by atoms with E-state index in [2.05, 4.69) is 32.2 Å². The van der Waals surface area contributed by atoms with Crippen LogP contribution in [-0.4, -0.2) is 81.2 Å². The van der Waals surface area contributed by atoms with Crippen LogP contribution in [0.1, 0.15) is 94.2 Å². The number of hydrogen-bond donors (Lipinski definition) is 1. The maximum atomic E-state index is 15.8. The van der Waals surface area contributed by atoms with Gasteiger partial charge in [0.25, 0.3) is 5.91 Å². The summed E-state index contributed by atoms with van der Waals surface area (Å²) < 4.78 is 13.0. The van der Waals surface area contributed by atoms with Crippen molar-refractivity contribution in [2.45, 2.75) is 121 Å². The summed E-state index contributed by atoms with van der Waals surface area (Å²) in [6, 6.07) is 31.9. The lowest BCUT2D eigenvalue weighted by Crippen LogP contribution is -2.52. The highest BCUT2D eigenvalue weighted by molar-refractivity contribution is 6.91. The van der Waals surface area contributed by atoms with Crippen LogP contribution in [0.2, 0.25) is 18.6 Å². The Morgan fingerprint density at radius 1 is 0.785 bits per heavy atom. The SMILES string of the molecule is COc1ccc([Si](C)(C)[C@@H]2[C@@H](CC(=O)N(CCO)Cc3ccccc3)O[C@]3(C(=O)N(Cc4ccc(N5CCCCCCC5=O)cc4)c4ccc(N5CCCCCCC5=O)cc43)[C@H]2C)cc1. The minimum atomic E-state index is -2.62. The van der Waals surface area contributed by atoms with Crippen LogP contribution in [0.4, 0.5) is 17.1 Å². The molecule has 0 unspecified atom stereocenters. The lowest BCUT2D eigenvalue weighted by Gasteiger charge is -2.37. The van der Waals surface area contributed by atoms with E-state index in [-0.39, 0.29) is 61.2 Å². The monoisotopic (exact) mass is 898 g/mol. The van der Waals surface area contributed by atoms with Gasteiger partial charge in [-0.05, 0) is 84.8 Å². The number of nitrogens with zero attached hydrogens (tertiary/aromatic N) is 4. The number of rotatable bonds is 13. The number of aliphatic hydroxyl groups is 1. The van der Waals surface area contributed by atoms with Crippen LogP contribution in [0.5, 0.6) is 5.75 Å². The fraction of sp³-hybridized carbons (Fsp3) is 0.472. The van der Waals surface area contributed by atoms with Gasteiger partial charge in [-0.1, -0.05) is 105 Å². The van der Waals surface area contributed by atoms with Gasteiger partial charge in [0.2, 0.25) is 17.7 Å². The third-order valence-corrected chi connectivity index (χ3v) is 19.0. The summed E-state index contributed by atoms with van der Waals surface area (Å²) in [6.07, 6.45) is 8.30. The molecule has 3 saturated heterocycles. The molecule has 4 aromatic carbocycles. The Kier molecular flexibility index (Phi) is 14.3. The van der Waals surface area contributed by atoms with Gasteiger partial charge < -0.3 is 34.2 Å². The van der Waals surface area contributed by atoms with Gasteiger partial charge in [0.05, 0.1) is 46.5 Å². The first-order valence-electron chi connectivity index (χ1n) is 23.9. The van der Waals surface area contributed by atoms with Crippen molar-refractivity contribution in [3.8, 4) is 5.75 Å². The van der Waals surface area contributed by atoms with Gasteiger partial charge in [0.15, 0.2) is 5.60 Å². The average Bonchev–Trinajstić information content (AvgIpc) is 3.72. The molecule has 8 rings (SSSR count). The lowest BCUT2D eigenvalue weighted by atomic mass is 9.82. The van der Waals surface area contributed by atoms with Gasteiger partial charge in [-0.3, -0.25) is 19.2 Å². The number of amides is 4. The molecule has 0 bridgehead atoms. The third-order valence-electron chi connectivity index (χ3n) is 14.7. The molecule has 3 fully saturated rings. The molecule has 4 heterocycles. The predicted molar refractivity (Wildman–Crippen MR) is 258 cm³/mol. The number of anilines is 3. The Morgan fingerprint density at radius 2 is 1.40 bits per heavy atom. The zero-order valence-electron chi connectivity index (χ0n) is 38.7. The molecule has 1 spiro atoms. The van der Waals surface area contributed by atoms with E-state index in [4.69, 9.17) is 9.47 Å². The van der Waals surface area contributed by atoms with Crippen molar-refractivity contribution in [3.05, 3.63) is 114 Å². The van der Waals surface area contributed by atoms with Crippen LogP contribution >= 0.6 is 0 Å². The molecule has 0 radical (unpaired) electrons. The number of ether oxygens (including phenoxy) is 2. The van der Waals surface area contributed by atoms with E-state index < -0.39 is 19.8 Å². The van der Waals surface area contributed by atoms with Crippen LogP contribution < -0.4 is 24.6 Å². The van der Waals surface area contributed by atoms with Crippen molar-refractivity contribution >= 4 is 54.0 Å². The fourth-order valence-corrected chi connectivity index (χ4v) is 15.2.